The molecular weight excluding hydrogens is 538 g/mol. The summed E-state index contributed by atoms with van der Waals surface area (Å²) in [5.41, 5.74) is 4.09. The minimum absolute atomic E-state index is 0.0502. The molecule has 2 atom stereocenters. The molecule has 1 amide bonds. The number of nitrogens with zero attached hydrogens (tertiary/aromatic N) is 5. The fourth-order valence-corrected chi connectivity index (χ4v) is 6.21. The number of aromatic nitrogens is 4. The highest BCUT2D eigenvalue weighted by Gasteiger charge is 2.44. The number of fused-ring (bicyclic) bond motifs is 1. The first-order valence-electron chi connectivity index (χ1n) is 14.4. The van der Waals surface area contributed by atoms with Crippen LogP contribution in [0.15, 0.2) is 55.1 Å². The number of imidazole rings is 1. The zero-order valence-electron chi connectivity index (χ0n) is 23.1. The van der Waals surface area contributed by atoms with Gasteiger partial charge in [0.2, 0.25) is 5.91 Å². The summed E-state index contributed by atoms with van der Waals surface area (Å²) in [6.07, 6.45) is 10.2. The minimum Gasteiger partial charge on any atom is -0.385 e. The number of aliphatic hydroxyl groups is 1. The van der Waals surface area contributed by atoms with Crippen LogP contribution < -0.4 is 10.6 Å². The Labute approximate surface area is 244 Å². The molecule has 0 bridgehead atoms. The van der Waals surface area contributed by atoms with E-state index in [1.54, 1.807) is 6.07 Å². The summed E-state index contributed by atoms with van der Waals surface area (Å²) in [5.74, 6) is 1.67. The lowest BCUT2D eigenvalue weighted by atomic mass is 9.84. The molecule has 0 radical (unpaired) electrons. The van der Waals surface area contributed by atoms with Crippen LogP contribution in [0.2, 0.25) is 5.02 Å². The third-order valence-electron chi connectivity index (χ3n) is 8.76. The lowest BCUT2D eigenvalue weighted by molar-refractivity contribution is -0.117. The van der Waals surface area contributed by atoms with Crippen LogP contribution in [0.5, 0.6) is 0 Å². The van der Waals surface area contributed by atoms with Gasteiger partial charge in [0.1, 0.15) is 23.6 Å². The van der Waals surface area contributed by atoms with Crippen molar-refractivity contribution in [2.45, 2.75) is 56.1 Å². The van der Waals surface area contributed by atoms with Gasteiger partial charge in [0.05, 0.1) is 17.8 Å². The molecule has 2 aliphatic carbocycles. The van der Waals surface area contributed by atoms with E-state index in [-0.39, 0.29) is 17.7 Å². The predicted octanol–water partition coefficient (Wildman–Crippen LogP) is 4.92. The number of carbonyl (C=O) groups is 1. The van der Waals surface area contributed by atoms with Crippen molar-refractivity contribution in [3.05, 3.63) is 82.5 Å². The first-order chi connectivity index (χ1) is 19.8. The van der Waals surface area contributed by atoms with Crippen LogP contribution in [0, 0.1) is 5.92 Å². The molecule has 0 spiro atoms. The minimum atomic E-state index is -0.873. The number of carbonyl (C=O) groups excluding carboxylic acids is 1. The van der Waals surface area contributed by atoms with E-state index in [0.29, 0.717) is 42.0 Å². The lowest BCUT2D eigenvalue weighted by Crippen LogP contribution is -2.41. The average molecular weight is 572 g/mol. The topological polar surface area (TPSA) is 108 Å². The Morgan fingerprint density at radius 3 is 2.68 bits per heavy atom. The maximum atomic E-state index is 12.9. The number of hydrogen-bond acceptors (Lipinski definition) is 7. The Hall–Kier alpha value is -3.53. The molecule has 1 aliphatic heterocycles. The normalized spacial score (nSPS) is 22.0. The Balaban J connectivity index is 1.04. The average Bonchev–Trinajstić information content (AvgIpc) is 3.90. The number of benzene rings is 1. The van der Waals surface area contributed by atoms with Gasteiger partial charge in [-0.1, -0.05) is 23.7 Å². The van der Waals surface area contributed by atoms with E-state index in [1.165, 1.54) is 24.7 Å². The van der Waals surface area contributed by atoms with Crippen molar-refractivity contribution in [2.24, 2.45) is 5.92 Å². The van der Waals surface area contributed by atoms with Crippen molar-refractivity contribution in [3.63, 3.8) is 0 Å². The van der Waals surface area contributed by atoms with Gasteiger partial charge in [-0.3, -0.25) is 4.79 Å². The van der Waals surface area contributed by atoms with Crippen LogP contribution in [-0.4, -0.2) is 55.4 Å². The molecule has 212 valence electrons. The molecule has 1 aromatic carbocycles. The quantitative estimate of drug-likeness (QED) is 0.275. The standard InChI is InChI=1S/C31H34ClN7O2/c1-38-9-7-31(41,8-10-38)26-12-21(19-5-6-19)16-39-17-23(36-29(26)39)15-33-27-14-28(35-18-34-27)37-30(40)25-13-24(25)20-3-2-4-22(32)11-20/h2-4,11-12,14,16-19,24-25,41H,5-10,13,15H2,1H3,(H2,33,34,35,37,40)/t24-,25+/m1/s1. The number of hydrogen-bond donors (Lipinski definition) is 3. The van der Waals surface area contributed by atoms with E-state index in [4.69, 9.17) is 16.6 Å². The van der Waals surface area contributed by atoms with Crippen LogP contribution in [0.1, 0.15) is 66.3 Å². The second-order valence-corrected chi connectivity index (χ2v) is 12.3. The van der Waals surface area contributed by atoms with Crippen molar-refractivity contribution in [1.29, 1.82) is 0 Å². The molecule has 3 N–H and O–H groups in total. The van der Waals surface area contributed by atoms with Crippen LogP contribution in [0.25, 0.3) is 5.65 Å². The Morgan fingerprint density at radius 2 is 1.90 bits per heavy atom. The van der Waals surface area contributed by atoms with E-state index >= 15 is 0 Å². The van der Waals surface area contributed by atoms with E-state index in [2.05, 4.69) is 49.2 Å². The van der Waals surface area contributed by atoms with Crippen molar-refractivity contribution >= 4 is 34.8 Å². The number of likely N-dealkylation sites (tertiary alicyclic amines) is 1. The van der Waals surface area contributed by atoms with Crippen molar-refractivity contribution in [1.82, 2.24) is 24.3 Å². The van der Waals surface area contributed by atoms with Crippen LogP contribution in [-0.2, 0) is 16.9 Å². The molecule has 1 saturated heterocycles. The fourth-order valence-electron chi connectivity index (χ4n) is 6.01. The second-order valence-electron chi connectivity index (χ2n) is 11.9. The predicted molar refractivity (Wildman–Crippen MR) is 158 cm³/mol. The number of piperidine rings is 1. The van der Waals surface area contributed by atoms with E-state index in [0.717, 1.165) is 42.0 Å². The number of nitrogens with one attached hydrogen (secondary N) is 2. The molecule has 3 fully saturated rings. The third kappa shape index (κ3) is 5.54. The van der Waals surface area contributed by atoms with E-state index < -0.39 is 5.60 Å². The molecular formula is C31H34ClN7O2. The lowest BCUT2D eigenvalue weighted by Gasteiger charge is -2.37. The molecule has 4 heterocycles. The molecule has 3 aliphatic rings. The molecule has 3 aromatic heterocycles. The highest BCUT2D eigenvalue weighted by Crippen LogP contribution is 2.48. The number of pyridine rings is 1. The first-order valence-corrected chi connectivity index (χ1v) is 14.8. The maximum absolute atomic E-state index is 12.9. The van der Waals surface area contributed by atoms with Gasteiger partial charge in [0.15, 0.2) is 0 Å². The van der Waals surface area contributed by atoms with Gasteiger partial charge in [-0.25, -0.2) is 15.0 Å². The zero-order chi connectivity index (χ0) is 28.1. The van der Waals surface area contributed by atoms with Gasteiger partial charge in [-0.05, 0) is 80.3 Å². The monoisotopic (exact) mass is 571 g/mol. The second kappa shape index (κ2) is 10.4. The molecule has 41 heavy (non-hydrogen) atoms. The van der Waals surface area contributed by atoms with Gasteiger partial charge in [-0.15, -0.1) is 0 Å². The third-order valence-corrected chi connectivity index (χ3v) is 8.99. The Kier molecular flexibility index (Phi) is 6.68. The van der Waals surface area contributed by atoms with E-state index in [9.17, 15) is 9.90 Å². The summed E-state index contributed by atoms with van der Waals surface area (Å²) in [4.78, 5) is 28.6. The van der Waals surface area contributed by atoms with Gasteiger partial charge >= 0.3 is 0 Å². The van der Waals surface area contributed by atoms with E-state index in [1.807, 2.05) is 30.5 Å². The molecule has 0 unspecified atom stereocenters. The summed E-state index contributed by atoms with van der Waals surface area (Å²) >= 11 is 6.12. The van der Waals surface area contributed by atoms with Gasteiger partial charge in [-0.2, -0.15) is 0 Å². The van der Waals surface area contributed by atoms with Crippen LogP contribution in [0.3, 0.4) is 0 Å². The first kappa shape index (κ1) is 26.4. The number of amides is 1. The van der Waals surface area contributed by atoms with Gasteiger partial charge in [0.25, 0.3) is 0 Å². The Morgan fingerprint density at radius 1 is 1.10 bits per heavy atom. The smallest absolute Gasteiger partial charge is 0.229 e. The van der Waals surface area contributed by atoms with Crippen LogP contribution >= 0.6 is 11.6 Å². The number of halogens is 1. The molecule has 9 nitrogen and oxygen atoms in total. The molecule has 7 rings (SSSR count). The summed E-state index contributed by atoms with van der Waals surface area (Å²) < 4.78 is 2.08. The van der Waals surface area contributed by atoms with Crippen LogP contribution in [0.4, 0.5) is 11.6 Å². The highest BCUT2D eigenvalue weighted by molar-refractivity contribution is 6.30. The Bertz CT molecular complexity index is 1610. The van der Waals surface area contributed by atoms with Crippen molar-refractivity contribution in [3.8, 4) is 0 Å². The summed E-state index contributed by atoms with van der Waals surface area (Å²) in [5, 5.41) is 18.6. The highest BCUT2D eigenvalue weighted by atomic mass is 35.5. The zero-order valence-corrected chi connectivity index (χ0v) is 23.8. The molecule has 2 saturated carbocycles. The summed E-state index contributed by atoms with van der Waals surface area (Å²) in [7, 11) is 2.10. The molecule has 10 heteroatoms. The van der Waals surface area contributed by atoms with Gasteiger partial charge < -0.3 is 25.0 Å². The maximum Gasteiger partial charge on any atom is 0.229 e. The van der Waals surface area contributed by atoms with Crippen molar-refractivity contribution < 1.29 is 9.90 Å². The summed E-state index contributed by atoms with van der Waals surface area (Å²) in [6.45, 7) is 2.17. The number of rotatable bonds is 8. The van der Waals surface area contributed by atoms with Crippen molar-refractivity contribution in [2.75, 3.05) is 30.8 Å². The van der Waals surface area contributed by atoms with Gasteiger partial charge in [0, 0.05) is 48.1 Å². The fraction of sp³-hybridized carbons (Fsp3) is 0.419. The SMILES string of the molecule is CN1CCC(O)(c2cc(C3CC3)cn3cc(CNc4cc(NC(=O)[C@H]5C[C@@H]5c5cccc(Cl)c5)ncn4)nc23)CC1. The number of anilines is 2. The summed E-state index contributed by atoms with van der Waals surface area (Å²) in [6, 6.07) is 11.6. The molecule has 4 aromatic rings. The largest absolute Gasteiger partial charge is 0.385 e.